The number of hydrogen-bond acceptors (Lipinski definition) is 4. The first kappa shape index (κ1) is 11.3. The lowest BCUT2D eigenvalue weighted by molar-refractivity contribution is -0.142. The molecule has 0 fully saturated rings. The number of aromatic nitrogens is 1. The maximum Gasteiger partial charge on any atom is 0.303 e. The van der Waals surface area contributed by atoms with Gasteiger partial charge < -0.3 is 4.74 Å². The molecular weight excluding hydrogens is 250 g/mol. The Bertz CT molecular complexity index is 692. The molecule has 5 heteroatoms. The smallest absolute Gasteiger partial charge is 0.303 e. The van der Waals surface area contributed by atoms with Crippen LogP contribution >= 0.6 is 11.8 Å². The van der Waals surface area contributed by atoms with E-state index in [1.54, 1.807) is 4.57 Å². The van der Waals surface area contributed by atoms with Crippen molar-refractivity contribution < 1.29 is 9.53 Å². The van der Waals surface area contributed by atoms with E-state index in [-0.39, 0.29) is 17.0 Å². The van der Waals surface area contributed by atoms with Crippen molar-refractivity contribution in [1.29, 1.82) is 0 Å². The lowest BCUT2D eigenvalue weighted by atomic mass is 10.2. The largest absolute Gasteiger partial charge is 0.449 e. The molecular formula is C13H11NO3S. The van der Waals surface area contributed by atoms with Crippen molar-refractivity contribution >= 4 is 28.5 Å². The van der Waals surface area contributed by atoms with Crippen LogP contribution in [0.25, 0.3) is 10.8 Å². The molecule has 0 spiro atoms. The molecule has 0 amide bonds. The zero-order chi connectivity index (χ0) is 12.7. The number of benzene rings is 1. The fraction of sp³-hybridized carbons (Fsp3) is 0.231. The highest BCUT2D eigenvalue weighted by Gasteiger charge is 2.26. The minimum absolute atomic E-state index is 0.0229. The van der Waals surface area contributed by atoms with Gasteiger partial charge in [0, 0.05) is 12.3 Å². The topological polar surface area (TPSA) is 48.3 Å². The molecule has 1 aromatic heterocycles. The standard InChI is InChI=1S/C13H11NO3S/c1-8(15)17-12-7-14-11(18-12)6-9-4-2-3-5-10(9)13(14)16/h2-6,12H,7H2,1H3. The summed E-state index contributed by atoms with van der Waals surface area (Å²) in [6.07, 6.45) is 0. The van der Waals surface area contributed by atoms with Gasteiger partial charge >= 0.3 is 5.97 Å². The molecule has 3 rings (SSSR count). The van der Waals surface area contributed by atoms with E-state index in [0.717, 1.165) is 10.4 Å². The van der Waals surface area contributed by atoms with Gasteiger partial charge in [-0.05, 0) is 17.5 Å². The summed E-state index contributed by atoms with van der Waals surface area (Å²) in [5, 5.41) is 2.47. The fourth-order valence-electron chi connectivity index (χ4n) is 2.11. The summed E-state index contributed by atoms with van der Waals surface area (Å²) in [7, 11) is 0. The maximum atomic E-state index is 12.3. The first-order chi connectivity index (χ1) is 8.65. The van der Waals surface area contributed by atoms with Gasteiger partial charge in [0.2, 0.25) is 0 Å². The molecule has 1 aliphatic heterocycles. The number of hydrogen-bond donors (Lipinski definition) is 0. The van der Waals surface area contributed by atoms with Crippen molar-refractivity contribution in [3.8, 4) is 0 Å². The van der Waals surface area contributed by atoms with Gasteiger partial charge in [0.1, 0.15) is 0 Å². The van der Waals surface area contributed by atoms with E-state index in [1.807, 2.05) is 30.3 Å². The van der Waals surface area contributed by atoms with Crippen LogP contribution in [0, 0.1) is 0 Å². The van der Waals surface area contributed by atoms with Crippen LogP contribution in [0.5, 0.6) is 0 Å². The van der Waals surface area contributed by atoms with Crippen molar-refractivity contribution in [3.05, 3.63) is 40.7 Å². The van der Waals surface area contributed by atoms with E-state index in [2.05, 4.69) is 0 Å². The number of carbonyl (C=O) groups excluding carboxylic acids is 1. The van der Waals surface area contributed by atoms with Crippen LogP contribution in [0.15, 0.2) is 40.2 Å². The Hall–Kier alpha value is -1.75. The van der Waals surface area contributed by atoms with Crippen molar-refractivity contribution in [1.82, 2.24) is 4.57 Å². The van der Waals surface area contributed by atoms with Gasteiger partial charge in [0.25, 0.3) is 5.56 Å². The number of nitrogens with zero attached hydrogens (tertiary/aromatic N) is 1. The molecule has 1 aromatic carbocycles. The zero-order valence-corrected chi connectivity index (χ0v) is 10.6. The molecule has 2 heterocycles. The van der Waals surface area contributed by atoms with Gasteiger partial charge in [-0.25, -0.2) is 0 Å². The van der Waals surface area contributed by atoms with Gasteiger partial charge in [-0.1, -0.05) is 30.0 Å². The molecule has 2 aromatic rings. The summed E-state index contributed by atoms with van der Waals surface area (Å²) in [6.45, 7) is 1.80. The lowest BCUT2D eigenvalue weighted by Crippen LogP contribution is -2.22. The zero-order valence-electron chi connectivity index (χ0n) is 9.75. The van der Waals surface area contributed by atoms with Crippen molar-refractivity contribution in [2.75, 3.05) is 0 Å². The number of ether oxygens (including phenoxy) is 1. The Balaban J connectivity index is 2.08. The Kier molecular flexibility index (Phi) is 2.63. The average Bonchev–Trinajstić information content (AvgIpc) is 2.71. The van der Waals surface area contributed by atoms with Gasteiger partial charge in [-0.3, -0.25) is 14.2 Å². The first-order valence-corrected chi connectivity index (χ1v) is 6.49. The third-order valence-electron chi connectivity index (χ3n) is 2.86. The van der Waals surface area contributed by atoms with Crippen LogP contribution < -0.4 is 5.56 Å². The quantitative estimate of drug-likeness (QED) is 0.737. The van der Waals surface area contributed by atoms with Crippen molar-refractivity contribution in [2.24, 2.45) is 0 Å². The summed E-state index contributed by atoms with van der Waals surface area (Å²) in [6, 6.07) is 9.45. The summed E-state index contributed by atoms with van der Waals surface area (Å²) in [5.41, 5.74) is -0.322. The monoisotopic (exact) mass is 261 g/mol. The molecule has 1 aliphatic rings. The summed E-state index contributed by atoms with van der Waals surface area (Å²) >= 11 is 1.41. The normalized spacial score (nSPS) is 17.7. The second-order valence-electron chi connectivity index (χ2n) is 4.14. The summed E-state index contributed by atoms with van der Waals surface area (Å²) < 4.78 is 6.81. The molecule has 92 valence electrons. The number of thioether (sulfide) groups is 1. The van der Waals surface area contributed by atoms with Crippen LogP contribution in [0.3, 0.4) is 0 Å². The Morgan fingerprint density at radius 3 is 3.00 bits per heavy atom. The number of carbonyl (C=O) groups is 1. The Morgan fingerprint density at radius 1 is 1.44 bits per heavy atom. The molecule has 18 heavy (non-hydrogen) atoms. The minimum atomic E-state index is -0.321. The molecule has 4 nitrogen and oxygen atoms in total. The maximum absolute atomic E-state index is 12.3. The number of fused-ring (bicyclic) bond motifs is 2. The molecule has 0 radical (unpaired) electrons. The minimum Gasteiger partial charge on any atom is -0.449 e. The van der Waals surface area contributed by atoms with Crippen LogP contribution in [0.1, 0.15) is 6.92 Å². The predicted octanol–water partition coefficient (Wildman–Crippen LogP) is 2.00. The second-order valence-corrected chi connectivity index (χ2v) is 5.32. The molecule has 0 saturated carbocycles. The molecule has 0 saturated heterocycles. The highest BCUT2D eigenvalue weighted by atomic mass is 32.2. The van der Waals surface area contributed by atoms with E-state index in [1.165, 1.54) is 18.7 Å². The Labute approximate surface area is 108 Å². The van der Waals surface area contributed by atoms with Gasteiger partial charge in [0.05, 0.1) is 11.6 Å². The van der Waals surface area contributed by atoms with Gasteiger partial charge in [-0.15, -0.1) is 0 Å². The second kappa shape index (κ2) is 4.17. The number of rotatable bonds is 1. The molecule has 1 atom stereocenters. The highest BCUT2D eigenvalue weighted by Crippen LogP contribution is 2.32. The summed E-state index contributed by atoms with van der Waals surface area (Å²) in [4.78, 5) is 23.2. The summed E-state index contributed by atoms with van der Waals surface area (Å²) in [5.74, 6) is -0.321. The number of pyridine rings is 1. The third-order valence-corrected chi connectivity index (χ3v) is 3.95. The third kappa shape index (κ3) is 1.80. The van der Waals surface area contributed by atoms with Crippen LogP contribution in [0.2, 0.25) is 0 Å². The molecule has 0 bridgehead atoms. The van der Waals surface area contributed by atoms with Crippen LogP contribution in [0.4, 0.5) is 0 Å². The molecule has 1 unspecified atom stereocenters. The molecule has 0 aliphatic carbocycles. The highest BCUT2D eigenvalue weighted by molar-refractivity contribution is 7.99. The van der Waals surface area contributed by atoms with E-state index in [0.29, 0.717) is 11.9 Å². The Morgan fingerprint density at radius 2 is 2.22 bits per heavy atom. The van der Waals surface area contributed by atoms with Gasteiger partial charge in [0.15, 0.2) is 5.44 Å². The van der Waals surface area contributed by atoms with E-state index >= 15 is 0 Å². The van der Waals surface area contributed by atoms with E-state index < -0.39 is 0 Å². The van der Waals surface area contributed by atoms with Crippen molar-refractivity contribution in [2.45, 2.75) is 23.9 Å². The first-order valence-electron chi connectivity index (χ1n) is 5.61. The predicted molar refractivity (Wildman–Crippen MR) is 69.6 cm³/mol. The van der Waals surface area contributed by atoms with E-state index in [9.17, 15) is 9.59 Å². The number of esters is 1. The average molecular weight is 261 g/mol. The van der Waals surface area contributed by atoms with Crippen LogP contribution in [-0.2, 0) is 16.1 Å². The molecule has 0 N–H and O–H groups in total. The fourth-order valence-corrected chi connectivity index (χ4v) is 3.27. The van der Waals surface area contributed by atoms with Gasteiger partial charge in [-0.2, -0.15) is 0 Å². The SMILES string of the molecule is CC(=O)OC1Cn2c(cc3ccccc3c2=O)S1. The van der Waals surface area contributed by atoms with Crippen LogP contribution in [-0.4, -0.2) is 16.0 Å². The van der Waals surface area contributed by atoms with Crippen molar-refractivity contribution in [3.63, 3.8) is 0 Å². The lowest BCUT2D eigenvalue weighted by Gasteiger charge is -2.06. The van der Waals surface area contributed by atoms with E-state index in [4.69, 9.17) is 4.74 Å².